The summed E-state index contributed by atoms with van der Waals surface area (Å²) in [5.74, 6) is -0.702. The van der Waals surface area contributed by atoms with Crippen molar-refractivity contribution in [3.63, 3.8) is 0 Å². The Morgan fingerprint density at radius 1 is 1.12 bits per heavy atom. The van der Waals surface area contributed by atoms with Crippen LogP contribution in [0.4, 0.5) is 5.69 Å². The molecule has 0 radical (unpaired) electrons. The molecule has 0 bridgehead atoms. The predicted octanol–water partition coefficient (Wildman–Crippen LogP) is 3.53. The van der Waals surface area contributed by atoms with Crippen molar-refractivity contribution >= 4 is 23.6 Å². The lowest BCUT2D eigenvalue weighted by Crippen LogP contribution is -2.38. The monoisotopic (exact) mass is 335 g/mol. The van der Waals surface area contributed by atoms with Gasteiger partial charge in [-0.2, -0.15) is 0 Å². The molecule has 0 fully saturated rings. The fraction of sp³-hybridized carbons (Fsp3) is 0.238. The Labute approximate surface area is 147 Å². The van der Waals surface area contributed by atoms with Crippen LogP contribution in [0.2, 0.25) is 0 Å². The maximum absolute atomic E-state index is 12.4. The number of nitrogens with zero attached hydrogens (tertiary/aromatic N) is 1. The predicted molar refractivity (Wildman–Crippen MR) is 98.3 cm³/mol. The molecular formula is C21H21NO3. The van der Waals surface area contributed by atoms with E-state index in [2.05, 4.69) is 0 Å². The van der Waals surface area contributed by atoms with E-state index in [4.69, 9.17) is 4.74 Å². The summed E-state index contributed by atoms with van der Waals surface area (Å²) in [4.78, 5) is 26.0. The van der Waals surface area contributed by atoms with Crippen LogP contribution in [-0.4, -0.2) is 25.0 Å². The van der Waals surface area contributed by atoms with E-state index in [0.29, 0.717) is 6.54 Å². The van der Waals surface area contributed by atoms with E-state index in [0.717, 1.165) is 35.2 Å². The largest absolute Gasteiger partial charge is 0.452 e. The first-order valence-electron chi connectivity index (χ1n) is 8.44. The number of fused-ring (bicyclic) bond motifs is 1. The summed E-state index contributed by atoms with van der Waals surface area (Å²) >= 11 is 0. The Morgan fingerprint density at radius 3 is 2.72 bits per heavy atom. The summed E-state index contributed by atoms with van der Waals surface area (Å²) in [6.07, 6.45) is 4.96. The molecule has 4 nitrogen and oxygen atoms in total. The first kappa shape index (κ1) is 17.0. The van der Waals surface area contributed by atoms with Crippen LogP contribution in [0, 0.1) is 6.92 Å². The van der Waals surface area contributed by atoms with Crippen LogP contribution in [-0.2, 0) is 20.7 Å². The summed E-state index contributed by atoms with van der Waals surface area (Å²) < 4.78 is 5.12. The summed E-state index contributed by atoms with van der Waals surface area (Å²) in [7, 11) is 0. The SMILES string of the molecule is Cc1ccccc1/C=C/C(=O)OCC(=O)N1CCCc2ccccc21. The Kier molecular flexibility index (Phi) is 5.29. The van der Waals surface area contributed by atoms with Gasteiger partial charge in [0.1, 0.15) is 0 Å². The molecule has 0 saturated heterocycles. The van der Waals surface area contributed by atoms with E-state index >= 15 is 0 Å². The molecule has 1 aliphatic rings. The fourth-order valence-corrected chi connectivity index (χ4v) is 2.98. The van der Waals surface area contributed by atoms with E-state index in [1.54, 1.807) is 11.0 Å². The lowest BCUT2D eigenvalue weighted by Gasteiger charge is -2.29. The summed E-state index contributed by atoms with van der Waals surface area (Å²) in [6, 6.07) is 15.6. The van der Waals surface area contributed by atoms with Gasteiger partial charge >= 0.3 is 5.97 Å². The molecule has 4 heteroatoms. The van der Waals surface area contributed by atoms with Crippen LogP contribution in [0.3, 0.4) is 0 Å². The molecule has 0 aliphatic carbocycles. The molecule has 2 aromatic carbocycles. The van der Waals surface area contributed by atoms with Gasteiger partial charge in [-0.25, -0.2) is 4.79 Å². The first-order valence-corrected chi connectivity index (χ1v) is 8.44. The highest BCUT2D eigenvalue weighted by atomic mass is 16.5. The molecule has 0 aromatic heterocycles. The second-order valence-corrected chi connectivity index (χ2v) is 6.08. The zero-order chi connectivity index (χ0) is 17.6. The number of para-hydroxylation sites is 1. The van der Waals surface area contributed by atoms with Crippen LogP contribution in [0.1, 0.15) is 23.1 Å². The average molecular weight is 335 g/mol. The van der Waals surface area contributed by atoms with E-state index in [-0.39, 0.29) is 12.5 Å². The second-order valence-electron chi connectivity index (χ2n) is 6.08. The smallest absolute Gasteiger partial charge is 0.331 e. The van der Waals surface area contributed by atoms with Gasteiger partial charge in [-0.05, 0) is 48.6 Å². The van der Waals surface area contributed by atoms with Crippen molar-refractivity contribution in [2.45, 2.75) is 19.8 Å². The van der Waals surface area contributed by atoms with Gasteiger partial charge in [0.25, 0.3) is 5.91 Å². The van der Waals surface area contributed by atoms with Gasteiger partial charge < -0.3 is 9.64 Å². The Bertz CT molecular complexity index is 810. The van der Waals surface area contributed by atoms with Crippen molar-refractivity contribution in [2.24, 2.45) is 0 Å². The van der Waals surface area contributed by atoms with Crippen LogP contribution < -0.4 is 4.90 Å². The Morgan fingerprint density at radius 2 is 1.88 bits per heavy atom. The molecule has 0 spiro atoms. The average Bonchev–Trinajstić information content (AvgIpc) is 2.65. The van der Waals surface area contributed by atoms with E-state index in [1.807, 2.05) is 55.5 Å². The third-order valence-corrected chi connectivity index (χ3v) is 4.34. The zero-order valence-electron chi connectivity index (χ0n) is 14.3. The van der Waals surface area contributed by atoms with Crippen LogP contribution >= 0.6 is 0 Å². The number of ether oxygens (including phenoxy) is 1. The van der Waals surface area contributed by atoms with Gasteiger partial charge in [0.05, 0.1) is 0 Å². The number of anilines is 1. The molecule has 2 aromatic rings. The molecule has 0 saturated carbocycles. The van der Waals surface area contributed by atoms with Crippen molar-refractivity contribution in [1.82, 2.24) is 0 Å². The van der Waals surface area contributed by atoms with Crippen molar-refractivity contribution in [2.75, 3.05) is 18.1 Å². The number of carbonyl (C=O) groups excluding carboxylic acids is 2. The van der Waals surface area contributed by atoms with Gasteiger partial charge in [0.15, 0.2) is 6.61 Å². The van der Waals surface area contributed by atoms with Crippen LogP contribution in [0.25, 0.3) is 6.08 Å². The van der Waals surface area contributed by atoms with E-state index in [9.17, 15) is 9.59 Å². The fourth-order valence-electron chi connectivity index (χ4n) is 2.98. The highest BCUT2D eigenvalue weighted by Gasteiger charge is 2.22. The van der Waals surface area contributed by atoms with Gasteiger partial charge in [-0.1, -0.05) is 42.5 Å². The normalized spacial score (nSPS) is 13.6. The molecule has 1 heterocycles. The minimum atomic E-state index is -0.512. The van der Waals surface area contributed by atoms with Crippen molar-refractivity contribution in [1.29, 1.82) is 0 Å². The minimum Gasteiger partial charge on any atom is -0.452 e. The molecule has 1 amide bonds. The molecular weight excluding hydrogens is 314 g/mol. The van der Waals surface area contributed by atoms with Crippen molar-refractivity contribution in [3.8, 4) is 0 Å². The molecule has 1 aliphatic heterocycles. The van der Waals surface area contributed by atoms with Crippen molar-refractivity contribution in [3.05, 3.63) is 71.3 Å². The number of benzene rings is 2. The summed E-state index contributed by atoms with van der Waals surface area (Å²) in [5.41, 5.74) is 4.11. The summed E-state index contributed by atoms with van der Waals surface area (Å²) in [6.45, 7) is 2.39. The number of hydrogen-bond acceptors (Lipinski definition) is 3. The molecule has 25 heavy (non-hydrogen) atoms. The Balaban J connectivity index is 1.58. The van der Waals surface area contributed by atoms with Gasteiger partial charge in [-0.3, -0.25) is 4.79 Å². The molecule has 0 atom stereocenters. The second kappa shape index (κ2) is 7.79. The number of hydrogen-bond donors (Lipinski definition) is 0. The maximum atomic E-state index is 12.4. The number of esters is 1. The highest BCUT2D eigenvalue weighted by molar-refractivity contribution is 5.97. The Hall–Kier alpha value is -2.88. The lowest BCUT2D eigenvalue weighted by atomic mass is 10.0. The molecule has 128 valence electrons. The van der Waals surface area contributed by atoms with Crippen LogP contribution in [0.15, 0.2) is 54.6 Å². The standard InChI is InChI=1S/C21H21NO3/c1-16-7-2-3-8-17(16)12-13-21(24)25-15-20(23)22-14-6-10-18-9-4-5-11-19(18)22/h2-5,7-9,11-13H,6,10,14-15H2,1H3/b13-12+. The highest BCUT2D eigenvalue weighted by Crippen LogP contribution is 2.26. The van der Waals surface area contributed by atoms with Gasteiger partial charge in [0.2, 0.25) is 0 Å². The maximum Gasteiger partial charge on any atom is 0.331 e. The zero-order valence-corrected chi connectivity index (χ0v) is 14.3. The molecule has 0 unspecified atom stereocenters. The van der Waals surface area contributed by atoms with E-state index in [1.165, 1.54) is 6.08 Å². The minimum absolute atomic E-state index is 0.190. The van der Waals surface area contributed by atoms with Gasteiger partial charge in [-0.15, -0.1) is 0 Å². The number of rotatable bonds is 4. The quantitative estimate of drug-likeness (QED) is 0.634. The van der Waals surface area contributed by atoms with Crippen LogP contribution in [0.5, 0.6) is 0 Å². The molecule has 0 N–H and O–H groups in total. The van der Waals surface area contributed by atoms with Crippen molar-refractivity contribution < 1.29 is 14.3 Å². The third-order valence-electron chi connectivity index (χ3n) is 4.34. The number of carbonyl (C=O) groups is 2. The third kappa shape index (κ3) is 4.15. The summed E-state index contributed by atoms with van der Waals surface area (Å²) in [5, 5.41) is 0. The van der Waals surface area contributed by atoms with E-state index < -0.39 is 5.97 Å². The number of amides is 1. The van der Waals surface area contributed by atoms with Gasteiger partial charge in [0, 0.05) is 18.3 Å². The first-order chi connectivity index (χ1) is 12.1. The molecule has 3 rings (SSSR count). The lowest BCUT2D eigenvalue weighted by molar-refractivity contribution is -0.142. The topological polar surface area (TPSA) is 46.6 Å². The number of aryl methyl sites for hydroxylation is 2.